The summed E-state index contributed by atoms with van der Waals surface area (Å²) in [6.07, 6.45) is 6.85. The maximum Gasteiger partial charge on any atom is 0.242 e. The highest BCUT2D eigenvalue weighted by Gasteiger charge is 2.31. The van der Waals surface area contributed by atoms with Crippen LogP contribution in [-0.2, 0) is 9.59 Å². The van der Waals surface area contributed by atoms with Gasteiger partial charge < -0.3 is 15.7 Å². The summed E-state index contributed by atoms with van der Waals surface area (Å²) in [4.78, 5) is 22.9. The molecule has 0 aromatic heterocycles. The van der Waals surface area contributed by atoms with Gasteiger partial charge in [0.15, 0.2) is 0 Å². The molecule has 1 heterocycles. The molecule has 1 aliphatic carbocycles. The highest BCUT2D eigenvalue weighted by molar-refractivity contribution is 5.90. The quantitative estimate of drug-likeness (QED) is 0.640. The minimum absolute atomic E-state index is 0.0664. The van der Waals surface area contributed by atoms with Gasteiger partial charge in [-0.3, -0.25) is 9.59 Å². The van der Waals surface area contributed by atoms with Crippen LogP contribution in [0.25, 0.3) is 0 Å². The lowest BCUT2D eigenvalue weighted by Gasteiger charge is -2.27. The van der Waals surface area contributed by atoms with Crippen molar-refractivity contribution in [3.8, 4) is 0 Å². The van der Waals surface area contributed by atoms with Crippen LogP contribution in [0.4, 0.5) is 0 Å². The number of aliphatic hydroxyl groups is 1. The van der Waals surface area contributed by atoms with Crippen molar-refractivity contribution in [3.63, 3.8) is 0 Å². The van der Waals surface area contributed by atoms with Gasteiger partial charge in [0.1, 0.15) is 6.04 Å². The van der Waals surface area contributed by atoms with Crippen molar-refractivity contribution in [2.45, 2.75) is 63.0 Å². The molecule has 0 bridgehead atoms. The molecule has 18 heavy (non-hydrogen) atoms. The Morgan fingerprint density at radius 1 is 1.33 bits per heavy atom. The van der Waals surface area contributed by atoms with E-state index in [9.17, 15) is 14.7 Å². The fourth-order valence-electron chi connectivity index (χ4n) is 2.75. The molecule has 0 unspecified atom stereocenters. The average molecular weight is 254 g/mol. The lowest BCUT2D eigenvalue weighted by molar-refractivity contribution is -0.126. The van der Waals surface area contributed by atoms with Gasteiger partial charge in [0.05, 0.1) is 5.60 Å². The van der Waals surface area contributed by atoms with E-state index in [0.717, 1.165) is 38.5 Å². The predicted octanol–water partition coefficient (Wildman–Crippen LogP) is 0.466. The van der Waals surface area contributed by atoms with Crippen LogP contribution in [0, 0.1) is 0 Å². The number of nitrogens with one attached hydrogen (secondary N) is 2. The first-order chi connectivity index (χ1) is 8.59. The van der Waals surface area contributed by atoms with E-state index < -0.39 is 11.6 Å². The van der Waals surface area contributed by atoms with Crippen molar-refractivity contribution in [2.24, 2.45) is 0 Å². The van der Waals surface area contributed by atoms with Gasteiger partial charge in [0.2, 0.25) is 11.8 Å². The molecule has 5 nitrogen and oxygen atoms in total. The SMILES string of the molecule is O=C1CC[C@H](C(=O)NCC2(O)CCCCCC2)N1. The summed E-state index contributed by atoms with van der Waals surface area (Å²) in [5.74, 6) is -0.234. The number of amides is 2. The molecule has 1 atom stereocenters. The molecule has 3 N–H and O–H groups in total. The van der Waals surface area contributed by atoms with Crippen LogP contribution >= 0.6 is 0 Å². The number of rotatable bonds is 3. The second-order valence-corrected chi connectivity index (χ2v) is 5.52. The Labute approximate surface area is 107 Å². The monoisotopic (exact) mass is 254 g/mol. The number of hydrogen-bond donors (Lipinski definition) is 3. The molecule has 0 spiro atoms. The molecular formula is C13H22N2O3. The van der Waals surface area contributed by atoms with Gasteiger partial charge in [-0.05, 0) is 19.3 Å². The molecule has 102 valence electrons. The van der Waals surface area contributed by atoms with Crippen LogP contribution in [0.2, 0.25) is 0 Å². The van der Waals surface area contributed by atoms with Crippen molar-refractivity contribution in [1.82, 2.24) is 10.6 Å². The fraction of sp³-hybridized carbons (Fsp3) is 0.846. The summed E-state index contributed by atoms with van der Waals surface area (Å²) in [5, 5.41) is 15.8. The summed E-state index contributed by atoms with van der Waals surface area (Å²) in [5.41, 5.74) is -0.755. The standard InChI is InChI=1S/C13H22N2O3/c16-11-6-5-10(15-11)12(17)14-9-13(18)7-3-1-2-4-8-13/h10,18H,1-9H2,(H,14,17)(H,15,16)/t10-/m1/s1. The van der Waals surface area contributed by atoms with Crippen LogP contribution in [0.5, 0.6) is 0 Å². The van der Waals surface area contributed by atoms with Gasteiger partial charge in [-0.15, -0.1) is 0 Å². The predicted molar refractivity (Wildman–Crippen MR) is 66.8 cm³/mol. The van der Waals surface area contributed by atoms with Crippen molar-refractivity contribution in [3.05, 3.63) is 0 Å². The lowest BCUT2D eigenvalue weighted by atomic mass is 9.94. The first-order valence-corrected chi connectivity index (χ1v) is 6.89. The minimum atomic E-state index is -0.755. The van der Waals surface area contributed by atoms with E-state index in [2.05, 4.69) is 10.6 Å². The average Bonchev–Trinajstić information content (AvgIpc) is 2.66. The summed E-state index contributed by atoms with van der Waals surface area (Å²) in [6.45, 7) is 0.304. The van der Waals surface area contributed by atoms with E-state index in [1.165, 1.54) is 0 Å². The zero-order valence-corrected chi connectivity index (χ0v) is 10.7. The van der Waals surface area contributed by atoms with Crippen LogP contribution in [0.3, 0.4) is 0 Å². The van der Waals surface area contributed by atoms with Crippen LogP contribution < -0.4 is 10.6 Å². The molecule has 2 amide bonds. The topological polar surface area (TPSA) is 78.4 Å². The van der Waals surface area contributed by atoms with Crippen molar-refractivity contribution in [2.75, 3.05) is 6.54 Å². The van der Waals surface area contributed by atoms with Gasteiger partial charge >= 0.3 is 0 Å². The zero-order valence-electron chi connectivity index (χ0n) is 10.7. The zero-order chi connectivity index (χ0) is 13.0. The van der Waals surface area contributed by atoms with Crippen molar-refractivity contribution < 1.29 is 14.7 Å². The first-order valence-electron chi connectivity index (χ1n) is 6.89. The van der Waals surface area contributed by atoms with E-state index in [0.29, 0.717) is 19.4 Å². The highest BCUT2D eigenvalue weighted by atomic mass is 16.3. The fourth-order valence-corrected chi connectivity index (χ4v) is 2.75. The highest BCUT2D eigenvalue weighted by Crippen LogP contribution is 2.26. The number of carbonyl (C=O) groups excluding carboxylic acids is 2. The number of carbonyl (C=O) groups is 2. The van der Waals surface area contributed by atoms with Gasteiger partial charge in [-0.25, -0.2) is 0 Å². The van der Waals surface area contributed by atoms with E-state index in [-0.39, 0.29) is 11.8 Å². The van der Waals surface area contributed by atoms with E-state index in [1.54, 1.807) is 0 Å². The molecule has 0 aromatic carbocycles. The van der Waals surface area contributed by atoms with Crippen LogP contribution in [-0.4, -0.2) is 35.1 Å². The third-order valence-corrected chi connectivity index (χ3v) is 3.94. The maximum atomic E-state index is 11.8. The van der Waals surface area contributed by atoms with Gasteiger partial charge in [-0.1, -0.05) is 25.7 Å². The summed E-state index contributed by atoms with van der Waals surface area (Å²) in [6, 6.07) is -0.410. The Balaban J connectivity index is 1.79. The third-order valence-electron chi connectivity index (χ3n) is 3.94. The molecule has 1 aliphatic heterocycles. The molecule has 1 saturated carbocycles. The normalized spacial score (nSPS) is 27.4. The van der Waals surface area contributed by atoms with Crippen molar-refractivity contribution >= 4 is 11.8 Å². The maximum absolute atomic E-state index is 11.8. The Bertz CT molecular complexity index is 322. The summed E-state index contributed by atoms with van der Waals surface area (Å²) < 4.78 is 0. The second kappa shape index (κ2) is 5.69. The molecule has 5 heteroatoms. The molecule has 1 saturated heterocycles. The molecule has 0 radical (unpaired) electrons. The molecule has 2 rings (SSSR count). The molecular weight excluding hydrogens is 232 g/mol. The summed E-state index contributed by atoms with van der Waals surface area (Å²) >= 11 is 0. The van der Waals surface area contributed by atoms with Gasteiger partial charge in [0.25, 0.3) is 0 Å². The summed E-state index contributed by atoms with van der Waals surface area (Å²) in [7, 11) is 0. The van der Waals surface area contributed by atoms with E-state index >= 15 is 0 Å². The Morgan fingerprint density at radius 2 is 2.00 bits per heavy atom. The Morgan fingerprint density at radius 3 is 2.56 bits per heavy atom. The smallest absolute Gasteiger partial charge is 0.242 e. The number of hydrogen-bond acceptors (Lipinski definition) is 3. The van der Waals surface area contributed by atoms with E-state index in [1.807, 2.05) is 0 Å². The van der Waals surface area contributed by atoms with Crippen LogP contribution in [0.1, 0.15) is 51.4 Å². The third kappa shape index (κ3) is 3.45. The van der Waals surface area contributed by atoms with E-state index in [4.69, 9.17) is 0 Å². The molecule has 2 aliphatic rings. The molecule has 2 fully saturated rings. The second-order valence-electron chi connectivity index (χ2n) is 5.52. The van der Waals surface area contributed by atoms with Gasteiger partial charge in [0, 0.05) is 13.0 Å². The minimum Gasteiger partial charge on any atom is -0.388 e. The Hall–Kier alpha value is -1.10. The Kier molecular flexibility index (Phi) is 4.22. The molecule has 0 aromatic rings. The lowest BCUT2D eigenvalue weighted by Crippen LogP contribution is -2.48. The first kappa shape index (κ1) is 13.3. The van der Waals surface area contributed by atoms with Crippen LogP contribution in [0.15, 0.2) is 0 Å². The van der Waals surface area contributed by atoms with Crippen molar-refractivity contribution in [1.29, 1.82) is 0 Å². The largest absolute Gasteiger partial charge is 0.388 e. The van der Waals surface area contributed by atoms with Gasteiger partial charge in [-0.2, -0.15) is 0 Å².